The molecule has 1 saturated heterocycles. The van der Waals surface area contributed by atoms with Gasteiger partial charge in [0.15, 0.2) is 0 Å². The van der Waals surface area contributed by atoms with E-state index in [0.29, 0.717) is 0 Å². The van der Waals surface area contributed by atoms with Gasteiger partial charge in [-0.05, 0) is 50.3 Å². The molecule has 2 fully saturated rings. The van der Waals surface area contributed by atoms with Crippen LogP contribution in [0.5, 0.6) is 0 Å². The molecule has 1 spiro atoms. The molecule has 0 bridgehead atoms. The number of hydrogen-bond donors (Lipinski definition) is 2. The number of nitrogens with zero attached hydrogens (tertiary/aromatic N) is 1. The van der Waals surface area contributed by atoms with Gasteiger partial charge in [0, 0.05) is 5.92 Å². The highest BCUT2D eigenvalue weighted by molar-refractivity contribution is 5.87. The first-order chi connectivity index (χ1) is 11.0. The Hall–Kier alpha value is -1.88. The molecule has 3 rings (SSSR count). The van der Waals surface area contributed by atoms with Crippen LogP contribution in [0.3, 0.4) is 0 Å². The molecule has 1 heterocycles. The van der Waals surface area contributed by atoms with Crippen LogP contribution in [0.1, 0.15) is 37.8 Å². The molecular formula is C18H25N3O2. The van der Waals surface area contributed by atoms with Crippen LogP contribution in [-0.4, -0.2) is 36.3 Å². The van der Waals surface area contributed by atoms with Crippen molar-refractivity contribution in [3.63, 3.8) is 0 Å². The normalized spacial score (nSPS) is 23.3. The number of nitrogens with one attached hydrogen (secondary N) is 1. The molecular weight excluding hydrogens is 290 g/mol. The summed E-state index contributed by atoms with van der Waals surface area (Å²) < 4.78 is 0. The molecule has 2 atom stereocenters. The molecule has 2 aliphatic rings. The van der Waals surface area contributed by atoms with Gasteiger partial charge in [-0.1, -0.05) is 30.3 Å². The molecule has 1 aromatic carbocycles. The molecule has 1 aliphatic heterocycles. The molecule has 1 aromatic rings. The van der Waals surface area contributed by atoms with Crippen molar-refractivity contribution in [3.05, 3.63) is 35.9 Å². The summed E-state index contributed by atoms with van der Waals surface area (Å²) in [5, 5.41) is 3.35. The average Bonchev–Trinajstić information content (AvgIpc) is 3.25. The Kier molecular flexibility index (Phi) is 4.39. The van der Waals surface area contributed by atoms with E-state index < -0.39 is 5.91 Å². The smallest absolute Gasteiger partial charge is 0.237 e. The van der Waals surface area contributed by atoms with Crippen molar-refractivity contribution < 1.29 is 9.59 Å². The monoisotopic (exact) mass is 315 g/mol. The second-order valence-corrected chi connectivity index (χ2v) is 6.89. The molecule has 2 amide bonds. The van der Waals surface area contributed by atoms with E-state index in [1.54, 1.807) is 4.90 Å². The van der Waals surface area contributed by atoms with Crippen molar-refractivity contribution >= 4 is 11.8 Å². The average molecular weight is 315 g/mol. The summed E-state index contributed by atoms with van der Waals surface area (Å²) in [6.45, 7) is 3.91. The number of carbonyl (C=O) groups excluding carboxylic acids is 2. The van der Waals surface area contributed by atoms with E-state index in [1.165, 1.54) is 0 Å². The Bertz CT molecular complexity index is 581. The van der Waals surface area contributed by atoms with Gasteiger partial charge in [0.25, 0.3) is 0 Å². The number of carbonyl (C=O) groups is 2. The van der Waals surface area contributed by atoms with Crippen molar-refractivity contribution in [1.82, 2.24) is 10.2 Å². The van der Waals surface area contributed by atoms with Crippen LogP contribution in [0, 0.1) is 11.3 Å². The number of benzene rings is 1. The van der Waals surface area contributed by atoms with Crippen LogP contribution in [0.2, 0.25) is 0 Å². The SMILES string of the molecule is C[C@H](c1ccccc1)N(CC(N)=O)C(=O)C1CC12CCNCC2. The van der Waals surface area contributed by atoms with Crippen molar-refractivity contribution in [1.29, 1.82) is 0 Å². The van der Waals surface area contributed by atoms with Crippen molar-refractivity contribution in [2.45, 2.75) is 32.2 Å². The largest absolute Gasteiger partial charge is 0.368 e. The molecule has 0 aromatic heterocycles. The summed E-state index contributed by atoms with van der Waals surface area (Å²) in [7, 11) is 0. The predicted octanol–water partition coefficient (Wildman–Crippen LogP) is 1.45. The topological polar surface area (TPSA) is 75.4 Å². The molecule has 3 N–H and O–H groups in total. The summed E-state index contributed by atoms with van der Waals surface area (Å²) in [6, 6.07) is 9.67. The first kappa shape index (κ1) is 16.0. The lowest BCUT2D eigenvalue weighted by atomic mass is 9.91. The van der Waals surface area contributed by atoms with E-state index in [0.717, 1.165) is 37.9 Å². The minimum absolute atomic E-state index is 0.0142. The van der Waals surface area contributed by atoms with E-state index in [-0.39, 0.29) is 29.8 Å². The molecule has 1 aliphatic carbocycles. The van der Waals surface area contributed by atoms with Gasteiger partial charge < -0.3 is 16.0 Å². The summed E-state index contributed by atoms with van der Waals surface area (Å²) in [5.74, 6) is -0.321. The van der Waals surface area contributed by atoms with Crippen LogP contribution in [0.15, 0.2) is 30.3 Å². The first-order valence-electron chi connectivity index (χ1n) is 8.38. The fourth-order valence-electron chi connectivity index (χ4n) is 3.86. The summed E-state index contributed by atoms with van der Waals surface area (Å²) in [4.78, 5) is 26.2. The molecule has 5 nitrogen and oxygen atoms in total. The molecule has 1 unspecified atom stereocenters. The maximum absolute atomic E-state index is 13.0. The third kappa shape index (κ3) is 3.24. The van der Waals surface area contributed by atoms with Crippen LogP contribution >= 0.6 is 0 Å². The summed E-state index contributed by atoms with van der Waals surface area (Å²) in [5.41, 5.74) is 6.59. The van der Waals surface area contributed by atoms with Crippen LogP contribution in [-0.2, 0) is 9.59 Å². The zero-order valence-electron chi connectivity index (χ0n) is 13.6. The molecule has 23 heavy (non-hydrogen) atoms. The highest BCUT2D eigenvalue weighted by atomic mass is 16.2. The number of nitrogens with two attached hydrogens (primary N) is 1. The van der Waals surface area contributed by atoms with E-state index >= 15 is 0 Å². The maximum Gasteiger partial charge on any atom is 0.237 e. The minimum Gasteiger partial charge on any atom is -0.368 e. The molecule has 5 heteroatoms. The Morgan fingerprint density at radius 1 is 1.30 bits per heavy atom. The van der Waals surface area contributed by atoms with E-state index in [2.05, 4.69) is 5.32 Å². The summed E-state index contributed by atoms with van der Waals surface area (Å²) in [6.07, 6.45) is 3.05. The number of amides is 2. The number of rotatable bonds is 5. The van der Waals surface area contributed by atoms with Gasteiger partial charge in [0.05, 0.1) is 12.6 Å². The molecule has 0 radical (unpaired) electrons. The van der Waals surface area contributed by atoms with Gasteiger partial charge >= 0.3 is 0 Å². The number of piperidine rings is 1. The van der Waals surface area contributed by atoms with E-state index in [4.69, 9.17) is 5.73 Å². The van der Waals surface area contributed by atoms with Crippen LogP contribution in [0.4, 0.5) is 0 Å². The van der Waals surface area contributed by atoms with Gasteiger partial charge in [-0.2, -0.15) is 0 Å². The quantitative estimate of drug-likeness (QED) is 0.863. The second-order valence-electron chi connectivity index (χ2n) is 6.89. The van der Waals surface area contributed by atoms with Crippen molar-refractivity contribution in [2.75, 3.05) is 19.6 Å². The maximum atomic E-state index is 13.0. The van der Waals surface area contributed by atoms with Gasteiger partial charge in [-0.25, -0.2) is 0 Å². The third-order valence-electron chi connectivity index (χ3n) is 5.45. The molecule has 124 valence electrons. The Labute approximate surface area is 137 Å². The Morgan fingerprint density at radius 2 is 1.96 bits per heavy atom. The Morgan fingerprint density at radius 3 is 2.57 bits per heavy atom. The van der Waals surface area contributed by atoms with Gasteiger partial charge in [-0.15, -0.1) is 0 Å². The minimum atomic E-state index is -0.457. The Balaban J connectivity index is 1.76. The van der Waals surface area contributed by atoms with Gasteiger partial charge in [0.1, 0.15) is 0 Å². The van der Waals surface area contributed by atoms with E-state index in [9.17, 15) is 9.59 Å². The zero-order chi connectivity index (χ0) is 16.4. The highest BCUT2D eigenvalue weighted by Crippen LogP contribution is 2.59. The lowest BCUT2D eigenvalue weighted by Crippen LogP contribution is -2.42. The lowest BCUT2D eigenvalue weighted by molar-refractivity contribution is -0.139. The van der Waals surface area contributed by atoms with Gasteiger partial charge in [-0.3, -0.25) is 9.59 Å². The molecule has 1 saturated carbocycles. The standard InChI is InChI=1S/C18H25N3O2/c1-13(14-5-3-2-4-6-14)21(12-16(19)22)17(23)15-11-18(15)7-9-20-10-8-18/h2-6,13,15,20H,7-12H2,1H3,(H2,19,22)/t13-,15?/m1/s1. The lowest BCUT2D eigenvalue weighted by Gasteiger charge is -2.31. The van der Waals surface area contributed by atoms with E-state index in [1.807, 2.05) is 37.3 Å². The number of primary amides is 1. The second kappa shape index (κ2) is 6.32. The summed E-state index contributed by atoms with van der Waals surface area (Å²) >= 11 is 0. The number of hydrogen-bond acceptors (Lipinski definition) is 3. The van der Waals surface area contributed by atoms with Crippen molar-refractivity contribution in [3.8, 4) is 0 Å². The fourth-order valence-corrected chi connectivity index (χ4v) is 3.86. The highest BCUT2D eigenvalue weighted by Gasteiger charge is 2.58. The van der Waals surface area contributed by atoms with Crippen LogP contribution < -0.4 is 11.1 Å². The fraction of sp³-hybridized carbons (Fsp3) is 0.556. The van der Waals surface area contributed by atoms with Crippen LogP contribution in [0.25, 0.3) is 0 Å². The third-order valence-corrected chi connectivity index (χ3v) is 5.45. The predicted molar refractivity (Wildman–Crippen MR) is 88.4 cm³/mol. The van der Waals surface area contributed by atoms with Crippen molar-refractivity contribution in [2.24, 2.45) is 17.1 Å². The zero-order valence-corrected chi connectivity index (χ0v) is 13.6. The first-order valence-corrected chi connectivity index (χ1v) is 8.38. The van der Waals surface area contributed by atoms with Gasteiger partial charge in [0.2, 0.25) is 11.8 Å².